The molecule has 2 aromatic rings. The minimum Gasteiger partial charge on any atom is -0.249 e. The second-order valence-electron chi connectivity index (χ2n) is 5.59. The molecule has 0 bridgehead atoms. The van der Waals surface area contributed by atoms with Gasteiger partial charge in [0, 0.05) is 28.1 Å². The van der Waals surface area contributed by atoms with Crippen molar-refractivity contribution < 1.29 is 0 Å². The third-order valence-corrected chi connectivity index (χ3v) is 6.05. The number of rotatable bonds is 7. The lowest BCUT2D eigenvalue weighted by atomic mass is 9.98. The third kappa shape index (κ3) is 4.13. The molecule has 0 aliphatic heterocycles. The average molecular weight is 309 g/mol. The minimum absolute atomic E-state index is 0.569. The molecule has 0 saturated heterocycles. The number of hydrogen-bond acceptors (Lipinski definition) is 4. The fraction of sp³-hybridized carbons (Fsp3) is 0.625. The summed E-state index contributed by atoms with van der Waals surface area (Å²) in [5.41, 5.74) is 0. The second kappa shape index (κ2) is 7.32. The van der Waals surface area contributed by atoms with Crippen LogP contribution in [-0.4, -0.2) is 9.97 Å². The minimum atomic E-state index is 0.569. The highest BCUT2D eigenvalue weighted by Crippen LogP contribution is 2.31. The van der Waals surface area contributed by atoms with Crippen LogP contribution in [0.3, 0.4) is 0 Å². The Morgan fingerprint density at radius 2 is 1.80 bits per heavy atom. The summed E-state index contributed by atoms with van der Waals surface area (Å²) < 4.78 is 0. The third-order valence-electron chi connectivity index (χ3n) is 3.61. The lowest BCUT2D eigenvalue weighted by Crippen LogP contribution is -1.97. The number of nitrogens with zero attached hydrogens (tertiary/aromatic N) is 2. The Labute approximate surface area is 130 Å². The van der Waals surface area contributed by atoms with Crippen LogP contribution in [0, 0.1) is 6.92 Å². The van der Waals surface area contributed by atoms with Gasteiger partial charge >= 0.3 is 0 Å². The summed E-state index contributed by atoms with van der Waals surface area (Å²) in [4.78, 5) is 11.8. The molecule has 0 aromatic carbocycles. The lowest BCUT2D eigenvalue weighted by molar-refractivity contribution is 0.576. The fourth-order valence-electron chi connectivity index (χ4n) is 2.25. The monoisotopic (exact) mass is 308 g/mol. The maximum absolute atomic E-state index is 4.52. The van der Waals surface area contributed by atoms with Crippen molar-refractivity contribution in [2.45, 2.75) is 65.2 Å². The van der Waals surface area contributed by atoms with E-state index in [0.717, 1.165) is 6.42 Å². The topological polar surface area (TPSA) is 25.8 Å². The molecule has 0 saturated carbocycles. The van der Waals surface area contributed by atoms with E-state index in [9.17, 15) is 0 Å². The van der Waals surface area contributed by atoms with Gasteiger partial charge in [0.05, 0.1) is 10.0 Å². The zero-order chi connectivity index (χ0) is 14.5. The maximum Gasteiger partial charge on any atom is 0.0955 e. The van der Waals surface area contributed by atoms with Gasteiger partial charge in [-0.1, -0.05) is 20.8 Å². The van der Waals surface area contributed by atoms with E-state index >= 15 is 0 Å². The van der Waals surface area contributed by atoms with E-state index in [2.05, 4.69) is 43.9 Å². The first-order valence-corrected chi connectivity index (χ1v) is 9.10. The average Bonchev–Trinajstić information content (AvgIpc) is 3.05. The maximum atomic E-state index is 4.52. The SMILES string of the molecule is CCCc1ncc(C(C)CCC(C)c2ncc(C)s2)s1. The Balaban J connectivity index is 1.86. The number of aryl methyl sites for hydroxylation is 2. The van der Waals surface area contributed by atoms with Crippen molar-refractivity contribution in [1.82, 2.24) is 9.97 Å². The summed E-state index contributed by atoms with van der Waals surface area (Å²) in [5, 5.41) is 2.57. The molecule has 2 nitrogen and oxygen atoms in total. The molecule has 0 aliphatic rings. The highest BCUT2D eigenvalue weighted by Gasteiger charge is 2.14. The molecule has 0 N–H and O–H groups in total. The summed E-state index contributed by atoms with van der Waals surface area (Å²) >= 11 is 3.73. The Morgan fingerprint density at radius 3 is 2.45 bits per heavy atom. The van der Waals surface area contributed by atoms with Gasteiger partial charge in [0.25, 0.3) is 0 Å². The van der Waals surface area contributed by atoms with E-state index in [4.69, 9.17) is 0 Å². The second-order valence-corrected chi connectivity index (χ2v) is 8.01. The van der Waals surface area contributed by atoms with Gasteiger partial charge in [-0.2, -0.15) is 0 Å². The van der Waals surface area contributed by atoms with Crippen molar-refractivity contribution in [3.63, 3.8) is 0 Å². The van der Waals surface area contributed by atoms with Crippen molar-refractivity contribution in [1.29, 1.82) is 0 Å². The van der Waals surface area contributed by atoms with E-state index in [1.807, 2.05) is 28.9 Å². The Hall–Kier alpha value is -0.740. The van der Waals surface area contributed by atoms with Crippen molar-refractivity contribution in [2.24, 2.45) is 0 Å². The van der Waals surface area contributed by atoms with Crippen molar-refractivity contribution >= 4 is 22.7 Å². The summed E-state index contributed by atoms with van der Waals surface area (Å²) in [5.74, 6) is 1.18. The zero-order valence-corrected chi connectivity index (χ0v) is 14.5. The van der Waals surface area contributed by atoms with Crippen LogP contribution in [0.1, 0.15) is 71.6 Å². The summed E-state index contributed by atoms with van der Waals surface area (Å²) in [7, 11) is 0. The standard InChI is InChI=1S/C16H24N2S2/c1-5-6-15-17-10-14(20-15)11(2)7-8-12(3)16-18-9-13(4)19-16/h9-12H,5-8H2,1-4H3. The molecule has 0 aliphatic carbocycles. The number of aromatic nitrogens is 2. The first-order chi connectivity index (χ1) is 9.60. The van der Waals surface area contributed by atoms with Crippen LogP contribution in [0.2, 0.25) is 0 Å². The fourth-order valence-corrected chi connectivity index (χ4v) is 4.22. The van der Waals surface area contributed by atoms with Gasteiger partial charge in [0.15, 0.2) is 0 Å². The molecule has 2 heterocycles. The normalized spacial score (nSPS) is 14.4. The number of thiazole rings is 2. The van der Waals surface area contributed by atoms with Crippen LogP contribution in [0.15, 0.2) is 12.4 Å². The van der Waals surface area contributed by atoms with Crippen LogP contribution in [-0.2, 0) is 6.42 Å². The Kier molecular flexibility index (Phi) is 5.73. The predicted molar refractivity (Wildman–Crippen MR) is 89.0 cm³/mol. The van der Waals surface area contributed by atoms with Gasteiger partial charge in [-0.25, -0.2) is 9.97 Å². The summed E-state index contributed by atoms with van der Waals surface area (Å²) in [6.45, 7) is 8.95. The van der Waals surface area contributed by atoms with Crippen molar-refractivity contribution in [2.75, 3.05) is 0 Å². The van der Waals surface area contributed by atoms with Crippen LogP contribution in [0.5, 0.6) is 0 Å². The lowest BCUT2D eigenvalue weighted by Gasteiger charge is -2.12. The van der Waals surface area contributed by atoms with Crippen LogP contribution >= 0.6 is 22.7 Å². The molecule has 0 radical (unpaired) electrons. The highest BCUT2D eigenvalue weighted by atomic mass is 32.1. The zero-order valence-electron chi connectivity index (χ0n) is 12.8. The van der Waals surface area contributed by atoms with Crippen LogP contribution < -0.4 is 0 Å². The predicted octanol–water partition coefficient (Wildman–Crippen LogP) is 5.55. The molecule has 0 spiro atoms. The van der Waals surface area contributed by atoms with Gasteiger partial charge in [-0.3, -0.25) is 0 Å². The van der Waals surface area contributed by atoms with E-state index in [0.29, 0.717) is 11.8 Å². The highest BCUT2D eigenvalue weighted by molar-refractivity contribution is 7.11. The van der Waals surface area contributed by atoms with Gasteiger partial charge in [0.2, 0.25) is 0 Å². The molecule has 0 amide bonds. The molecule has 20 heavy (non-hydrogen) atoms. The molecule has 2 rings (SSSR count). The van der Waals surface area contributed by atoms with Crippen molar-refractivity contribution in [3.8, 4) is 0 Å². The molecule has 2 atom stereocenters. The van der Waals surface area contributed by atoms with E-state index in [-0.39, 0.29) is 0 Å². The van der Waals surface area contributed by atoms with Crippen molar-refractivity contribution in [3.05, 3.63) is 32.2 Å². The van der Waals surface area contributed by atoms with Gasteiger partial charge in [-0.15, -0.1) is 22.7 Å². The summed E-state index contributed by atoms with van der Waals surface area (Å²) in [6, 6.07) is 0. The van der Waals surface area contributed by atoms with E-state index in [1.54, 1.807) is 0 Å². The van der Waals surface area contributed by atoms with Gasteiger partial charge in [-0.05, 0) is 38.5 Å². The smallest absolute Gasteiger partial charge is 0.0955 e. The molecule has 110 valence electrons. The first-order valence-electron chi connectivity index (χ1n) is 7.47. The van der Waals surface area contributed by atoms with Gasteiger partial charge < -0.3 is 0 Å². The molecule has 0 fully saturated rings. The Bertz CT molecular complexity index is 530. The van der Waals surface area contributed by atoms with Crippen LogP contribution in [0.25, 0.3) is 0 Å². The number of hydrogen-bond donors (Lipinski definition) is 0. The van der Waals surface area contributed by atoms with E-state index < -0.39 is 0 Å². The molecular weight excluding hydrogens is 284 g/mol. The summed E-state index contributed by atoms with van der Waals surface area (Å²) in [6.07, 6.45) is 8.79. The van der Waals surface area contributed by atoms with Gasteiger partial charge in [0.1, 0.15) is 0 Å². The molecular formula is C16H24N2S2. The Morgan fingerprint density at radius 1 is 1.05 bits per heavy atom. The largest absolute Gasteiger partial charge is 0.249 e. The quantitative estimate of drug-likeness (QED) is 0.670. The van der Waals surface area contributed by atoms with E-state index in [1.165, 1.54) is 39.0 Å². The first kappa shape index (κ1) is 15.6. The molecule has 4 heteroatoms. The molecule has 2 aromatic heterocycles. The van der Waals surface area contributed by atoms with Crippen LogP contribution in [0.4, 0.5) is 0 Å². The molecule has 2 unspecified atom stereocenters.